The number of aromatic nitrogens is 2. The number of benzene rings is 1. The minimum absolute atomic E-state index is 0.138. The zero-order valence-corrected chi connectivity index (χ0v) is 12.1. The van der Waals surface area contributed by atoms with Gasteiger partial charge in [-0.1, -0.05) is 6.92 Å². The maximum atomic E-state index is 11.8. The maximum absolute atomic E-state index is 11.8. The van der Waals surface area contributed by atoms with Crippen LogP contribution in [0.5, 0.6) is 5.75 Å². The van der Waals surface area contributed by atoms with Crippen molar-refractivity contribution < 1.29 is 19.3 Å². The quantitative estimate of drug-likeness (QED) is 0.866. The van der Waals surface area contributed by atoms with E-state index in [0.29, 0.717) is 28.8 Å². The Labute approximate surface area is 121 Å². The molecule has 112 valence electrons. The molecule has 1 aromatic carbocycles. The van der Waals surface area contributed by atoms with Gasteiger partial charge in [0.15, 0.2) is 0 Å². The molecule has 7 heteroatoms. The molecule has 3 rings (SSSR count). The first-order chi connectivity index (χ1) is 9.92. The third kappa shape index (κ3) is 2.23. The monoisotopic (exact) mass is 291 g/mol. The summed E-state index contributed by atoms with van der Waals surface area (Å²) in [6.45, 7) is 5.31. The summed E-state index contributed by atoms with van der Waals surface area (Å²) in [6.07, 6.45) is -0.536. The predicted octanol–water partition coefficient (Wildman–Crippen LogP) is 1.32. The van der Waals surface area contributed by atoms with E-state index in [2.05, 4.69) is 15.6 Å². The molecule has 2 atom stereocenters. The molecule has 1 amide bonds. The van der Waals surface area contributed by atoms with E-state index in [9.17, 15) is 9.90 Å². The Balaban J connectivity index is 2.12. The number of carbonyl (C=O) groups is 1. The van der Waals surface area contributed by atoms with Crippen molar-refractivity contribution in [2.75, 3.05) is 0 Å². The number of hydrogen-bond acceptors (Lipinski definition) is 6. The van der Waals surface area contributed by atoms with Crippen LogP contribution in [0.2, 0.25) is 0 Å². The fourth-order valence-electron chi connectivity index (χ4n) is 2.51. The van der Waals surface area contributed by atoms with Crippen molar-refractivity contribution in [2.45, 2.75) is 44.9 Å². The van der Waals surface area contributed by atoms with Gasteiger partial charge in [0.05, 0.1) is 6.04 Å². The van der Waals surface area contributed by atoms with Crippen LogP contribution in [-0.4, -0.2) is 33.0 Å². The van der Waals surface area contributed by atoms with Gasteiger partial charge in [-0.25, -0.2) is 4.63 Å². The van der Waals surface area contributed by atoms with E-state index in [1.807, 2.05) is 0 Å². The number of ether oxygens (including phenoxy) is 1. The number of fused-ring (bicyclic) bond motifs is 2. The fraction of sp³-hybridized carbons (Fsp3) is 0.500. The Kier molecular flexibility index (Phi) is 3.09. The average Bonchev–Trinajstić information content (AvgIpc) is 2.88. The van der Waals surface area contributed by atoms with Crippen LogP contribution >= 0.6 is 0 Å². The zero-order valence-electron chi connectivity index (χ0n) is 12.1. The second kappa shape index (κ2) is 4.70. The molecule has 2 heterocycles. The molecule has 0 bridgehead atoms. The SMILES string of the molecule is CCC(=O)NC1c2cc3nonc3cc2OC(C)(C)C1O. The standard InChI is InChI=1S/C14H17N3O4/c1-4-11(18)15-12-7-5-8-9(17-21-16-8)6-10(7)20-14(2,3)13(12)19/h5-6,12-13,19H,4H2,1-3H3,(H,15,18). The number of nitrogens with zero attached hydrogens (tertiary/aromatic N) is 2. The topological polar surface area (TPSA) is 97.5 Å². The smallest absolute Gasteiger partial charge is 0.220 e. The van der Waals surface area contributed by atoms with E-state index < -0.39 is 17.7 Å². The molecule has 0 aliphatic carbocycles. The molecule has 2 N–H and O–H groups in total. The summed E-state index contributed by atoms with van der Waals surface area (Å²) in [6, 6.07) is 2.87. The van der Waals surface area contributed by atoms with Gasteiger partial charge in [0, 0.05) is 18.1 Å². The molecule has 2 aromatic rings. The molecule has 1 aliphatic heterocycles. The predicted molar refractivity (Wildman–Crippen MR) is 73.7 cm³/mol. The summed E-state index contributed by atoms with van der Waals surface area (Å²) in [5.74, 6) is 0.427. The number of aliphatic hydroxyl groups excluding tert-OH is 1. The molecule has 1 aromatic heterocycles. The molecule has 0 fully saturated rings. The van der Waals surface area contributed by atoms with Gasteiger partial charge in [0.25, 0.3) is 0 Å². The summed E-state index contributed by atoms with van der Waals surface area (Å²) >= 11 is 0. The second-order valence-electron chi connectivity index (χ2n) is 5.69. The number of rotatable bonds is 2. The Hall–Kier alpha value is -2.15. The van der Waals surface area contributed by atoms with Crippen molar-refractivity contribution in [3.05, 3.63) is 17.7 Å². The lowest BCUT2D eigenvalue weighted by molar-refractivity contribution is -0.125. The van der Waals surface area contributed by atoms with Gasteiger partial charge in [-0.05, 0) is 30.2 Å². The highest BCUT2D eigenvalue weighted by Crippen LogP contribution is 2.41. The third-order valence-electron chi connectivity index (χ3n) is 3.76. The lowest BCUT2D eigenvalue weighted by Crippen LogP contribution is -2.53. The molecule has 7 nitrogen and oxygen atoms in total. The normalized spacial score (nSPS) is 23.4. The zero-order chi connectivity index (χ0) is 15.2. The first-order valence-corrected chi connectivity index (χ1v) is 6.85. The first-order valence-electron chi connectivity index (χ1n) is 6.85. The van der Waals surface area contributed by atoms with Gasteiger partial charge in [-0.3, -0.25) is 4.79 Å². The van der Waals surface area contributed by atoms with Gasteiger partial charge < -0.3 is 15.2 Å². The Morgan fingerprint density at radius 1 is 1.38 bits per heavy atom. The van der Waals surface area contributed by atoms with E-state index in [-0.39, 0.29) is 5.91 Å². The van der Waals surface area contributed by atoms with Crippen molar-refractivity contribution in [1.29, 1.82) is 0 Å². The summed E-state index contributed by atoms with van der Waals surface area (Å²) in [5.41, 5.74) is 0.970. The van der Waals surface area contributed by atoms with Crippen LogP contribution in [0.15, 0.2) is 16.8 Å². The molecule has 0 saturated carbocycles. The van der Waals surface area contributed by atoms with Crippen molar-refractivity contribution in [3.8, 4) is 5.75 Å². The van der Waals surface area contributed by atoms with Gasteiger partial charge >= 0.3 is 0 Å². The van der Waals surface area contributed by atoms with Gasteiger partial charge in [-0.2, -0.15) is 0 Å². The Morgan fingerprint density at radius 2 is 2.05 bits per heavy atom. The lowest BCUT2D eigenvalue weighted by atomic mass is 9.86. The molecular formula is C14H17N3O4. The lowest BCUT2D eigenvalue weighted by Gasteiger charge is -2.42. The van der Waals surface area contributed by atoms with Crippen LogP contribution in [0.1, 0.15) is 38.8 Å². The van der Waals surface area contributed by atoms with E-state index >= 15 is 0 Å². The number of nitrogens with one attached hydrogen (secondary N) is 1. The number of amides is 1. The third-order valence-corrected chi connectivity index (χ3v) is 3.76. The largest absolute Gasteiger partial charge is 0.485 e. The number of aliphatic hydroxyl groups is 1. The summed E-state index contributed by atoms with van der Waals surface area (Å²) in [7, 11) is 0. The van der Waals surface area contributed by atoms with Crippen LogP contribution in [-0.2, 0) is 4.79 Å². The molecule has 0 radical (unpaired) electrons. The van der Waals surface area contributed by atoms with Crippen molar-refractivity contribution in [1.82, 2.24) is 15.6 Å². The summed E-state index contributed by atoms with van der Waals surface area (Å²) < 4.78 is 10.5. The highest BCUT2D eigenvalue weighted by atomic mass is 16.6. The molecule has 1 aliphatic rings. The van der Waals surface area contributed by atoms with Gasteiger partial charge in [-0.15, -0.1) is 0 Å². The van der Waals surface area contributed by atoms with Crippen LogP contribution in [0.4, 0.5) is 0 Å². The Bertz CT molecular complexity index is 695. The second-order valence-corrected chi connectivity index (χ2v) is 5.69. The number of carbonyl (C=O) groups excluding carboxylic acids is 1. The van der Waals surface area contributed by atoms with Crippen molar-refractivity contribution in [3.63, 3.8) is 0 Å². The van der Waals surface area contributed by atoms with E-state index in [1.54, 1.807) is 32.9 Å². The van der Waals surface area contributed by atoms with Gasteiger partial charge in [0.2, 0.25) is 5.91 Å². The highest BCUT2D eigenvalue weighted by molar-refractivity contribution is 5.79. The van der Waals surface area contributed by atoms with Crippen LogP contribution in [0.3, 0.4) is 0 Å². The van der Waals surface area contributed by atoms with Crippen molar-refractivity contribution >= 4 is 16.9 Å². The molecule has 0 saturated heterocycles. The molecule has 0 spiro atoms. The first kappa shape index (κ1) is 13.8. The van der Waals surface area contributed by atoms with Crippen LogP contribution in [0, 0.1) is 0 Å². The van der Waals surface area contributed by atoms with E-state index in [1.165, 1.54) is 0 Å². The average molecular weight is 291 g/mol. The molecule has 21 heavy (non-hydrogen) atoms. The van der Waals surface area contributed by atoms with Gasteiger partial charge in [0.1, 0.15) is 28.5 Å². The Morgan fingerprint density at radius 3 is 2.71 bits per heavy atom. The molecular weight excluding hydrogens is 274 g/mol. The van der Waals surface area contributed by atoms with E-state index in [4.69, 9.17) is 9.37 Å². The highest BCUT2D eigenvalue weighted by Gasteiger charge is 2.43. The summed E-state index contributed by atoms with van der Waals surface area (Å²) in [4.78, 5) is 11.8. The minimum atomic E-state index is -0.877. The molecule has 2 unspecified atom stereocenters. The summed E-state index contributed by atoms with van der Waals surface area (Å²) in [5, 5.41) is 20.9. The van der Waals surface area contributed by atoms with Crippen LogP contribution < -0.4 is 10.1 Å². The van der Waals surface area contributed by atoms with E-state index in [0.717, 1.165) is 0 Å². The van der Waals surface area contributed by atoms with Crippen LogP contribution in [0.25, 0.3) is 11.0 Å². The maximum Gasteiger partial charge on any atom is 0.220 e. The minimum Gasteiger partial charge on any atom is -0.485 e. The fourth-order valence-corrected chi connectivity index (χ4v) is 2.51. The number of hydrogen-bond donors (Lipinski definition) is 2. The van der Waals surface area contributed by atoms with Crippen molar-refractivity contribution in [2.24, 2.45) is 0 Å².